The second kappa shape index (κ2) is 8.08. The maximum atomic E-state index is 11.5. The molecule has 1 aromatic carbocycles. The molecule has 0 heterocycles. The van der Waals surface area contributed by atoms with E-state index in [1.807, 2.05) is 31.2 Å². The molecule has 0 aliphatic rings. The van der Waals surface area contributed by atoms with Crippen molar-refractivity contribution in [2.24, 2.45) is 0 Å². The first kappa shape index (κ1) is 15.0. The van der Waals surface area contributed by atoms with Crippen LogP contribution in [0, 0.1) is 6.92 Å². The zero-order chi connectivity index (χ0) is 14.1. The van der Waals surface area contributed by atoms with Crippen LogP contribution in [0.2, 0.25) is 0 Å². The van der Waals surface area contributed by atoms with E-state index in [2.05, 4.69) is 5.32 Å². The van der Waals surface area contributed by atoms with Crippen molar-refractivity contribution in [2.45, 2.75) is 20.3 Å². The topological polar surface area (TPSA) is 55.4 Å². The van der Waals surface area contributed by atoms with E-state index >= 15 is 0 Å². The van der Waals surface area contributed by atoms with Crippen molar-refractivity contribution in [1.82, 2.24) is 5.32 Å². The van der Waals surface area contributed by atoms with Gasteiger partial charge in [-0.25, -0.2) is 0 Å². The Kier molecular flexibility index (Phi) is 6.36. The molecule has 0 spiro atoms. The molecule has 1 aromatic rings. The van der Waals surface area contributed by atoms with Crippen LogP contribution in [0.3, 0.4) is 0 Å². The summed E-state index contributed by atoms with van der Waals surface area (Å²) < 4.78 is 4.76. The molecule has 102 valence electrons. The van der Waals surface area contributed by atoms with Crippen LogP contribution in [0.25, 0.3) is 6.08 Å². The van der Waals surface area contributed by atoms with Gasteiger partial charge in [-0.15, -0.1) is 0 Å². The summed E-state index contributed by atoms with van der Waals surface area (Å²) in [7, 11) is 0. The van der Waals surface area contributed by atoms with Crippen LogP contribution >= 0.6 is 0 Å². The van der Waals surface area contributed by atoms with Gasteiger partial charge >= 0.3 is 5.97 Å². The van der Waals surface area contributed by atoms with Gasteiger partial charge in [0.1, 0.15) is 0 Å². The maximum absolute atomic E-state index is 11.5. The monoisotopic (exact) mass is 261 g/mol. The number of nitrogens with one attached hydrogen (secondary N) is 1. The summed E-state index contributed by atoms with van der Waals surface area (Å²) >= 11 is 0. The van der Waals surface area contributed by atoms with Gasteiger partial charge in [0.15, 0.2) is 0 Å². The largest absolute Gasteiger partial charge is 0.466 e. The number of ether oxygens (including phenoxy) is 1. The highest BCUT2D eigenvalue weighted by Crippen LogP contribution is 2.08. The van der Waals surface area contributed by atoms with Crippen LogP contribution in [0.15, 0.2) is 30.3 Å². The highest BCUT2D eigenvalue weighted by atomic mass is 16.5. The fourth-order valence-corrected chi connectivity index (χ4v) is 1.52. The molecule has 0 aliphatic carbocycles. The van der Waals surface area contributed by atoms with E-state index in [9.17, 15) is 9.59 Å². The average Bonchev–Trinajstić information content (AvgIpc) is 2.38. The molecule has 0 aliphatic heterocycles. The second-order valence-electron chi connectivity index (χ2n) is 4.04. The van der Waals surface area contributed by atoms with Crippen LogP contribution in [0.4, 0.5) is 0 Å². The Morgan fingerprint density at radius 1 is 1.32 bits per heavy atom. The van der Waals surface area contributed by atoms with Gasteiger partial charge in [-0.3, -0.25) is 9.59 Å². The van der Waals surface area contributed by atoms with E-state index in [1.54, 1.807) is 13.0 Å². The van der Waals surface area contributed by atoms with Crippen molar-refractivity contribution in [2.75, 3.05) is 13.2 Å². The molecule has 1 rings (SSSR count). The number of carbonyl (C=O) groups excluding carboxylic acids is 2. The number of amides is 1. The number of hydrogen-bond donors (Lipinski definition) is 1. The third-order valence-electron chi connectivity index (χ3n) is 2.54. The van der Waals surface area contributed by atoms with E-state index in [0.717, 1.165) is 11.1 Å². The molecule has 0 saturated carbocycles. The van der Waals surface area contributed by atoms with Gasteiger partial charge in [-0.1, -0.05) is 24.3 Å². The van der Waals surface area contributed by atoms with Crippen LogP contribution in [-0.4, -0.2) is 25.0 Å². The van der Waals surface area contributed by atoms with Gasteiger partial charge in [0.25, 0.3) is 0 Å². The van der Waals surface area contributed by atoms with Crippen LogP contribution in [0.5, 0.6) is 0 Å². The first-order chi connectivity index (χ1) is 9.13. The van der Waals surface area contributed by atoms with Crippen molar-refractivity contribution in [3.05, 3.63) is 41.5 Å². The standard InChI is InChI=1S/C15H19NO3/c1-3-19-15(18)10-11-16-14(17)9-8-13-7-5-4-6-12(13)2/h4-9H,3,10-11H2,1-2H3,(H,16,17). The third-order valence-corrected chi connectivity index (χ3v) is 2.54. The summed E-state index contributed by atoms with van der Waals surface area (Å²) in [4.78, 5) is 22.6. The molecule has 4 nitrogen and oxygen atoms in total. The van der Waals surface area contributed by atoms with Crippen molar-refractivity contribution < 1.29 is 14.3 Å². The highest BCUT2D eigenvalue weighted by Gasteiger charge is 2.02. The Morgan fingerprint density at radius 3 is 2.74 bits per heavy atom. The van der Waals surface area contributed by atoms with E-state index < -0.39 is 0 Å². The second-order valence-corrected chi connectivity index (χ2v) is 4.04. The average molecular weight is 261 g/mol. The van der Waals surface area contributed by atoms with Crippen LogP contribution in [-0.2, 0) is 14.3 Å². The number of carbonyl (C=O) groups is 2. The van der Waals surface area contributed by atoms with E-state index in [-0.39, 0.29) is 24.8 Å². The molecule has 0 atom stereocenters. The van der Waals surface area contributed by atoms with E-state index in [0.29, 0.717) is 6.61 Å². The summed E-state index contributed by atoms with van der Waals surface area (Å²) in [5.41, 5.74) is 2.11. The number of hydrogen-bond acceptors (Lipinski definition) is 3. The zero-order valence-corrected chi connectivity index (χ0v) is 11.3. The smallest absolute Gasteiger partial charge is 0.307 e. The molecule has 0 radical (unpaired) electrons. The molecule has 0 aromatic heterocycles. The van der Waals surface area contributed by atoms with Crippen molar-refractivity contribution in [3.63, 3.8) is 0 Å². The minimum Gasteiger partial charge on any atom is -0.466 e. The normalized spacial score (nSPS) is 10.4. The lowest BCUT2D eigenvalue weighted by Gasteiger charge is -2.02. The Morgan fingerprint density at radius 2 is 2.05 bits per heavy atom. The lowest BCUT2D eigenvalue weighted by atomic mass is 10.1. The Labute approximate surface area is 113 Å². The minimum absolute atomic E-state index is 0.192. The van der Waals surface area contributed by atoms with Crippen molar-refractivity contribution >= 4 is 18.0 Å². The first-order valence-corrected chi connectivity index (χ1v) is 6.30. The molecule has 4 heteroatoms. The molecule has 0 fully saturated rings. The fraction of sp³-hybridized carbons (Fsp3) is 0.333. The molecule has 0 bridgehead atoms. The molecule has 1 N–H and O–H groups in total. The van der Waals surface area contributed by atoms with Gasteiger partial charge in [0.2, 0.25) is 5.91 Å². The minimum atomic E-state index is -0.300. The predicted molar refractivity (Wildman–Crippen MR) is 74.5 cm³/mol. The number of aryl methyl sites for hydroxylation is 1. The van der Waals surface area contributed by atoms with Gasteiger partial charge < -0.3 is 10.1 Å². The molecule has 19 heavy (non-hydrogen) atoms. The quantitative estimate of drug-likeness (QED) is 0.630. The Hall–Kier alpha value is -2.10. The highest BCUT2D eigenvalue weighted by molar-refractivity contribution is 5.92. The molecule has 0 saturated heterocycles. The SMILES string of the molecule is CCOC(=O)CCNC(=O)C=Cc1ccccc1C. The number of rotatable bonds is 6. The van der Waals surface area contributed by atoms with Crippen molar-refractivity contribution in [1.29, 1.82) is 0 Å². The van der Waals surface area contributed by atoms with E-state index in [1.165, 1.54) is 6.08 Å². The predicted octanol–water partition coefficient (Wildman–Crippen LogP) is 2.08. The number of benzene rings is 1. The maximum Gasteiger partial charge on any atom is 0.307 e. The van der Waals surface area contributed by atoms with Gasteiger partial charge in [-0.2, -0.15) is 0 Å². The Balaban J connectivity index is 2.35. The Bertz CT molecular complexity index is 466. The van der Waals surface area contributed by atoms with Gasteiger partial charge in [0.05, 0.1) is 13.0 Å². The fourth-order valence-electron chi connectivity index (χ4n) is 1.52. The molecular weight excluding hydrogens is 242 g/mol. The number of esters is 1. The molecule has 1 amide bonds. The summed E-state index contributed by atoms with van der Waals surface area (Å²) in [5, 5.41) is 2.64. The zero-order valence-electron chi connectivity index (χ0n) is 11.3. The van der Waals surface area contributed by atoms with Crippen LogP contribution in [0.1, 0.15) is 24.5 Å². The first-order valence-electron chi connectivity index (χ1n) is 6.30. The lowest BCUT2D eigenvalue weighted by Crippen LogP contribution is -2.24. The summed E-state index contributed by atoms with van der Waals surface area (Å²) in [6.07, 6.45) is 3.42. The van der Waals surface area contributed by atoms with Crippen molar-refractivity contribution in [3.8, 4) is 0 Å². The summed E-state index contributed by atoms with van der Waals surface area (Å²) in [5.74, 6) is -0.516. The van der Waals surface area contributed by atoms with Gasteiger partial charge in [0, 0.05) is 12.6 Å². The summed E-state index contributed by atoms with van der Waals surface area (Å²) in [6, 6.07) is 7.80. The van der Waals surface area contributed by atoms with E-state index in [4.69, 9.17) is 4.74 Å². The van der Waals surface area contributed by atoms with Crippen LogP contribution < -0.4 is 5.32 Å². The van der Waals surface area contributed by atoms with Gasteiger partial charge in [-0.05, 0) is 31.1 Å². The summed E-state index contributed by atoms with van der Waals surface area (Å²) in [6.45, 7) is 4.38. The third kappa shape index (κ3) is 5.86. The molecular formula is C15H19NO3. The molecule has 0 unspecified atom stereocenters. The lowest BCUT2D eigenvalue weighted by molar-refractivity contribution is -0.142.